The van der Waals surface area contributed by atoms with E-state index < -0.39 is 0 Å². The molecule has 122 valence electrons. The van der Waals surface area contributed by atoms with Crippen LogP contribution in [-0.4, -0.2) is 41.9 Å². The van der Waals surface area contributed by atoms with Crippen LogP contribution in [0.3, 0.4) is 0 Å². The summed E-state index contributed by atoms with van der Waals surface area (Å²) in [5, 5.41) is 1.42. The van der Waals surface area contributed by atoms with E-state index >= 15 is 0 Å². The molecule has 5 heteroatoms. The van der Waals surface area contributed by atoms with Gasteiger partial charge < -0.3 is 4.90 Å². The lowest BCUT2D eigenvalue weighted by atomic mass is 9.95. The van der Waals surface area contributed by atoms with Gasteiger partial charge in [-0.15, -0.1) is 0 Å². The van der Waals surface area contributed by atoms with Crippen molar-refractivity contribution in [1.82, 2.24) is 9.80 Å². The van der Waals surface area contributed by atoms with Crippen LogP contribution < -0.4 is 0 Å². The number of hydrogen-bond donors (Lipinski definition) is 0. The van der Waals surface area contributed by atoms with Gasteiger partial charge in [0.1, 0.15) is 0 Å². The normalized spacial score (nSPS) is 16.7. The fourth-order valence-corrected chi connectivity index (χ4v) is 3.48. The van der Waals surface area contributed by atoms with Gasteiger partial charge in [0.25, 0.3) is 0 Å². The molecule has 1 heterocycles. The minimum Gasteiger partial charge on any atom is -0.343 e. The molecule has 0 radical (unpaired) electrons. The van der Waals surface area contributed by atoms with Crippen LogP contribution in [0.2, 0.25) is 10.0 Å². The van der Waals surface area contributed by atoms with Crippen LogP contribution in [-0.2, 0) is 11.3 Å². The molecule has 1 aromatic rings. The molecule has 0 atom stereocenters. The lowest BCUT2D eigenvalue weighted by molar-refractivity contribution is -0.129. The summed E-state index contributed by atoms with van der Waals surface area (Å²) in [5.74, 6) is 0.790. The zero-order chi connectivity index (χ0) is 16.1. The highest BCUT2D eigenvalue weighted by molar-refractivity contribution is 6.35. The second kappa shape index (κ2) is 8.19. The van der Waals surface area contributed by atoms with Crippen LogP contribution in [0.15, 0.2) is 18.2 Å². The van der Waals surface area contributed by atoms with Crippen molar-refractivity contribution in [3.8, 4) is 0 Å². The van der Waals surface area contributed by atoms with Gasteiger partial charge in [0.15, 0.2) is 0 Å². The summed E-state index contributed by atoms with van der Waals surface area (Å²) < 4.78 is 0. The molecule has 1 amide bonds. The Balaban J connectivity index is 1.83. The van der Waals surface area contributed by atoms with Crippen LogP contribution >= 0.6 is 23.2 Å². The Morgan fingerprint density at radius 2 is 2.00 bits per heavy atom. The van der Waals surface area contributed by atoms with Gasteiger partial charge in [-0.25, -0.2) is 0 Å². The maximum atomic E-state index is 11.5. The molecule has 1 aliphatic heterocycles. The quantitative estimate of drug-likeness (QED) is 0.804. The lowest BCUT2D eigenvalue weighted by Gasteiger charge is -2.34. The molecule has 0 N–H and O–H groups in total. The molecule has 22 heavy (non-hydrogen) atoms. The molecule has 0 bridgehead atoms. The number of hydrogen-bond acceptors (Lipinski definition) is 2. The van der Waals surface area contributed by atoms with Gasteiger partial charge in [-0.1, -0.05) is 29.3 Å². The number of amides is 1. The maximum absolute atomic E-state index is 11.5. The highest BCUT2D eigenvalue weighted by Gasteiger charge is 2.22. The SMILES string of the molecule is CCN(CC1CCN(Cc2ccc(Cl)cc2Cl)CC1)C(C)=O. The minimum absolute atomic E-state index is 0.179. The Morgan fingerprint density at radius 1 is 1.32 bits per heavy atom. The fraction of sp³-hybridized carbons (Fsp3) is 0.588. The van der Waals surface area contributed by atoms with Crippen molar-refractivity contribution in [1.29, 1.82) is 0 Å². The third-order valence-corrected chi connectivity index (χ3v) is 5.01. The van der Waals surface area contributed by atoms with Gasteiger partial charge in [0.05, 0.1) is 0 Å². The number of carbonyl (C=O) groups excluding carboxylic acids is 1. The van der Waals surface area contributed by atoms with Gasteiger partial charge in [-0.2, -0.15) is 0 Å². The molecule has 1 fully saturated rings. The van der Waals surface area contributed by atoms with Crippen molar-refractivity contribution in [3.05, 3.63) is 33.8 Å². The number of nitrogens with zero attached hydrogens (tertiary/aromatic N) is 2. The van der Waals surface area contributed by atoms with E-state index in [0.717, 1.165) is 56.2 Å². The molecular weight excluding hydrogens is 319 g/mol. The second-order valence-corrected chi connectivity index (χ2v) is 6.86. The van der Waals surface area contributed by atoms with Gasteiger partial charge in [0.2, 0.25) is 5.91 Å². The molecule has 0 aromatic heterocycles. The van der Waals surface area contributed by atoms with Crippen LogP contribution in [0.1, 0.15) is 32.3 Å². The van der Waals surface area contributed by atoms with Crippen molar-refractivity contribution in [2.24, 2.45) is 5.92 Å². The zero-order valence-electron chi connectivity index (χ0n) is 13.3. The van der Waals surface area contributed by atoms with E-state index in [1.807, 2.05) is 24.0 Å². The van der Waals surface area contributed by atoms with Gasteiger partial charge >= 0.3 is 0 Å². The third-order valence-electron chi connectivity index (χ3n) is 4.42. The number of rotatable bonds is 5. The Hall–Kier alpha value is -0.770. The molecule has 0 saturated carbocycles. The minimum atomic E-state index is 0.179. The Morgan fingerprint density at radius 3 is 2.55 bits per heavy atom. The molecule has 0 unspecified atom stereocenters. The molecular formula is C17H24Cl2N2O. The summed E-state index contributed by atoms with van der Waals surface area (Å²) in [4.78, 5) is 15.9. The average Bonchev–Trinajstić information content (AvgIpc) is 2.49. The smallest absolute Gasteiger partial charge is 0.219 e. The Labute approximate surface area is 143 Å². The number of piperidine rings is 1. The summed E-state index contributed by atoms with van der Waals surface area (Å²) in [6.07, 6.45) is 2.27. The van der Waals surface area contributed by atoms with E-state index in [-0.39, 0.29) is 5.91 Å². The predicted molar refractivity (Wildman–Crippen MR) is 92.4 cm³/mol. The summed E-state index contributed by atoms with van der Waals surface area (Å²) in [6, 6.07) is 5.70. The monoisotopic (exact) mass is 342 g/mol. The van der Waals surface area contributed by atoms with Crippen molar-refractivity contribution in [3.63, 3.8) is 0 Å². The first kappa shape index (κ1) is 17.6. The summed E-state index contributed by atoms with van der Waals surface area (Å²) in [7, 11) is 0. The average molecular weight is 343 g/mol. The van der Waals surface area contributed by atoms with Gasteiger partial charge in [-0.05, 0) is 56.5 Å². The second-order valence-electron chi connectivity index (χ2n) is 6.01. The standard InChI is InChI=1S/C17H24Cl2N2O/c1-3-21(13(2)22)11-14-6-8-20(9-7-14)12-15-4-5-16(18)10-17(15)19/h4-5,10,14H,3,6-9,11-12H2,1-2H3. The Bertz CT molecular complexity index is 513. The molecule has 1 saturated heterocycles. The highest BCUT2D eigenvalue weighted by atomic mass is 35.5. The van der Waals surface area contributed by atoms with E-state index in [4.69, 9.17) is 23.2 Å². The van der Waals surface area contributed by atoms with Crippen molar-refractivity contribution in [2.45, 2.75) is 33.2 Å². The van der Waals surface area contributed by atoms with Crippen molar-refractivity contribution in [2.75, 3.05) is 26.2 Å². The zero-order valence-corrected chi connectivity index (χ0v) is 14.8. The fourth-order valence-electron chi connectivity index (χ4n) is 3.01. The number of likely N-dealkylation sites (tertiary alicyclic amines) is 1. The molecule has 1 aliphatic rings. The third kappa shape index (κ3) is 4.87. The van der Waals surface area contributed by atoms with E-state index in [1.165, 1.54) is 0 Å². The van der Waals surface area contributed by atoms with Crippen LogP contribution in [0.4, 0.5) is 0 Å². The van der Waals surface area contributed by atoms with Crippen molar-refractivity contribution >= 4 is 29.1 Å². The van der Waals surface area contributed by atoms with Gasteiger partial charge in [0, 0.05) is 36.6 Å². The molecule has 0 aliphatic carbocycles. The summed E-state index contributed by atoms with van der Waals surface area (Å²) >= 11 is 12.2. The highest BCUT2D eigenvalue weighted by Crippen LogP contribution is 2.25. The first-order chi connectivity index (χ1) is 10.5. The first-order valence-electron chi connectivity index (χ1n) is 7.91. The van der Waals surface area contributed by atoms with Crippen molar-refractivity contribution < 1.29 is 4.79 Å². The molecule has 2 rings (SSSR count). The number of halogens is 2. The predicted octanol–water partition coefficient (Wildman–Crippen LogP) is 4.07. The number of carbonyl (C=O) groups is 1. The Kier molecular flexibility index (Phi) is 6.54. The van der Waals surface area contributed by atoms with E-state index in [9.17, 15) is 4.79 Å². The summed E-state index contributed by atoms with van der Waals surface area (Å²) in [6.45, 7) is 8.36. The maximum Gasteiger partial charge on any atom is 0.219 e. The van der Waals surface area contributed by atoms with E-state index in [1.54, 1.807) is 13.0 Å². The van der Waals surface area contributed by atoms with Gasteiger partial charge in [-0.3, -0.25) is 9.69 Å². The molecule has 1 aromatic carbocycles. The lowest BCUT2D eigenvalue weighted by Crippen LogP contribution is -2.40. The molecule has 3 nitrogen and oxygen atoms in total. The largest absolute Gasteiger partial charge is 0.343 e. The van der Waals surface area contributed by atoms with Crippen LogP contribution in [0.5, 0.6) is 0 Å². The van der Waals surface area contributed by atoms with E-state index in [0.29, 0.717) is 10.9 Å². The van der Waals surface area contributed by atoms with Crippen LogP contribution in [0, 0.1) is 5.92 Å². The number of benzene rings is 1. The molecule has 0 spiro atoms. The van der Waals surface area contributed by atoms with E-state index in [2.05, 4.69) is 4.90 Å². The summed E-state index contributed by atoms with van der Waals surface area (Å²) in [5.41, 5.74) is 1.13. The first-order valence-corrected chi connectivity index (χ1v) is 8.67. The van der Waals surface area contributed by atoms with Crippen LogP contribution in [0.25, 0.3) is 0 Å². The topological polar surface area (TPSA) is 23.6 Å².